The van der Waals surface area contributed by atoms with Gasteiger partial charge in [0.25, 0.3) is 17.7 Å². The van der Waals surface area contributed by atoms with Crippen molar-refractivity contribution < 1.29 is 33.5 Å². The Labute approximate surface area is 398 Å². The monoisotopic (exact) mass is 922 g/mol. The van der Waals surface area contributed by atoms with Crippen LogP contribution in [-0.4, -0.2) is 104 Å². The molecule has 67 heavy (non-hydrogen) atoms. The van der Waals surface area contributed by atoms with Crippen molar-refractivity contribution in [2.75, 3.05) is 59.3 Å². The summed E-state index contributed by atoms with van der Waals surface area (Å²) in [6.07, 6.45) is 19.5. The lowest BCUT2D eigenvalue weighted by Gasteiger charge is -2.45. The number of nitrogens with two attached hydrogens (primary N) is 1. The van der Waals surface area contributed by atoms with Gasteiger partial charge >= 0.3 is 0 Å². The summed E-state index contributed by atoms with van der Waals surface area (Å²) >= 11 is 0. The number of nitrogens with zero attached hydrogens (tertiary/aromatic N) is 3. The Morgan fingerprint density at radius 2 is 0.836 bits per heavy atom. The normalized spacial score (nSPS) is 16.4. The van der Waals surface area contributed by atoms with E-state index in [1.165, 1.54) is 77.0 Å². The van der Waals surface area contributed by atoms with Crippen molar-refractivity contribution in [3.8, 4) is 0 Å². The van der Waals surface area contributed by atoms with Crippen LogP contribution >= 0.6 is 0 Å². The fourth-order valence-electron chi connectivity index (χ4n) is 7.68. The highest BCUT2D eigenvalue weighted by atomic mass is 16.7. The summed E-state index contributed by atoms with van der Waals surface area (Å²) in [5, 5.41) is 22.5. The molecule has 5 N–H and O–H groups in total. The van der Waals surface area contributed by atoms with Crippen LogP contribution in [0.2, 0.25) is 0 Å². The van der Waals surface area contributed by atoms with Gasteiger partial charge < -0.3 is 36.3 Å². The van der Waals surface area contributed by atoms with Gasteiger partial charge in [0.05, 0.1) is 19.8 Å². The number of primary amides is 1. The number of rotatable bonds is 11. The number of piperidine rings is 3. The van der Waals surface area contributed by atoms with Gasteiger partial charge in [0.15, 0.2) is 6.67 Å². The molecule has 4 aromatic carbocycles. The number of nitrogens with one attached hydrogen (secondary N) is 3. The number of carbonyl (C=O) groups excluding carboxylic acids is 5. The number of benzene rings is 4. The molecule has 8 rings (SSSR count). The van der Waals surface area contributed by atoms with Crippen molar-refractivity contribution in [1.29, 1.82) is 0 Å². The molecule has 4 amide bonds. The molecule has 0 unspecified atom stereocenters. The molecule has 0 aromatic heterocycles. The van der Waals surface area contributed by atoms with Crippen molar-refractivity contribution in [3.05, 3.63) is 149 Å². The molecule has 4 aromatic rings. The molecular weight excluding hydrogens is 847 g/mol. The summed E-state index contributed by atoms with van der Waals surface area (Å²) in [5.74, 6) is -0.617. The fourth-order valence-corrected chi connectivity index (χ4v) is 7.68. The second-order valence-electron chi connectivity index (χ2n) is 16.8. The average molecular weight is 922 g/mol. The van der Waals surface area contributed by atoms with Crippen molar-refractivity contribution >= 4 is 30.4 Å². The zero-order valence-electron chi connectivity index (χ0n) is 39.5. The maximum atomic E-state index is 12.2. The standard InChI is InChI=1S/2C13H18N2O2.C13H18N2O.C7H7NO.C6H12.CH2O/c16-13(12-7-3-1-4-8-12)14-11-17-15-9-5-2-6-10-15;16-13(12-7-3-1-4-8-12)14-11-15(17)9-5-2-6-10-15;16-13(12-7-3-1-4-8-12)14-11-15-9-5-2-6-10-15;8-7(9)6-4-2-1-3-5-6;1-2-4-6-5-3-1;1-2/h2*1,3-4,7-8H,2,5-6,9-11H2,(H,14,16);1,3-4,7-8H,2,5-6,9-11H2,(H,14,16);1-5H,(H2,8,9);1-6H2;1H2. The molecular formula is C53H75N7O7. The van der Waals surface area contributed by atoms with E-state index in [4.69, 9.17) is 15.4 Å². The van der Waals surface area contributed by atoms with E-state index in [1.54, 1.807) is 48.5 Å². The third-order valence-electron chi connectivity index (χ3n) is 11.5. The number of amides is 4. The summed E-state index contributed by atoms with van der Waals surface area (Å²) in [6, 6.07) is 36.3. The molecule has 3 saturated heterocycles. The predicted octanol–water partition coefficient (Wildman–Crippen LogP) is 8.46. The molecule has 0 radical (unpaired) electrons. The third kappa shape index (κ3) is 24.5. The maximum absolute atomic E-state index is 12.2. The molecule has 4 aliphatic rings. The van der Waals surface area contributed by atoms with Gasteiger partial charge in [-0.15, -0.1) is 0 Å². The highest BCUT2D eigenvalue weighted by Crippen LogP contribution is 2.17. The molecule has 1 aliphatic carbocycles. The first-order chi connectivity index (χ1) is 32.7. The number of hydrogen-bond donors (Lipinski definition) is 4. The Balaban J connectivity index is 0.000000228. The highest BCUT2D eigenvalue weighted by Gasteiger charge is 2.21. The van der Waals surface area contributed by atoms with Crippen LogP contribution in [0.25, 0.3) is 0 Å². The number of hydrogen-bond acceptors (Lipinski definition) is 9. The van der Waals surface area contributed by atoms with Crippen LogP contribution in [0.15, 0.2) is 121 Å². The maximum Gasteiger partial charge on any atom is 0.255 e. The molecule has 14 heteroatoms. The Morgan fingerprint density at radius 3 is 1.24 bits per heavy atom. The fraction of sp³-hybridized carbons (Fsp3) is 0.453. The van der Waals surface area contributed by atoms with E-state index in [0.29, 0.717) is 36.4 Å². The first-order valence-corrected chi connectivity index (χ1v) is 24.0. The predicted molar refractivity (Wildman–Crippen MR) is 265 cm³/mol. The molecule has 3 heterocycles. The third-order valence-corrected chi connectivity index (χ3v) is 11.5. The molecule has 3 aliphatic heterocycles. The smallest absolute Gasteiger partial charge is 0.255 e. The largest absolute Gasteiger partial charge is 0.631 e. The van der Waals surface area contributed by atoms with Crippen molar-refractivity contribution in [1.82, 2.24) is 25.9 Å². The Bertz CT molecular complexity index is 1890. The summed E-state index contributed by atoms with van der Waals surface area (Å²) in [7, 11) is 0. The van der Waals surface area contributed by atoms with Crippen LogP contribution < -0.4 is 21.7 Å². The molecule has 1 saturated carbocycles. The molecule has 4 fully saturated rings. The molecule has 0 atom stereocenters. The quantitative estimate of drug-likeness (QED) is 0.0651. The van der Waals surface area contributed by atoms with Gasteiger partial charge in [0.1, 0.15) is 13.5 Å². The summed E-state index contributed by atoms with van der Waals surface area (Å²) in [5.41, 5.74) is 7.53. The van der Waals surface area contributed by atoms with Gasteiger partial charge in [-0.3, -0.25) is 28.9 Å². The van der Waals surface area contributed by atoms with Gasteiger partial charge in [0, 0.05) is 35.3 Å². The van der Waals surface area contributed by atoms with Crippen LogP contribution in [-0.2, 0) is 9.63 Å². The van der Waals surface area contributed by atoms with Crippen molar-refractivity contribution in [3.63, 3.8) is 0 Å². The van der Waals surface area contributed by atoms with E-state index in [9.17, 15) is 24.4 Å². The van der Waals surface area contributed by atoms with E-state index in [2.05, 4.69) is 20.9 Å². The van der Waals surface area contributed by atoms with E-state index in [-0.39, 0.29) is 41.7 Å². The van der Waals surface area contributed by atoms with Gasteiger partial charge in [-0.2, -0.15) is 5.06 Å². The average Bonchev–Trinajstić information content (AvgIpc) is 3.41. The number of hydroxylamine groups is 5. The lowest BCUT2D eigenvalue weighted by Crippen LogP contribution is -2.52. The summed E-state index contributed by atoms with van der Waals surface area (Å²) < 4.78 is -0.279. The van der Waals surface area contributed by atoms with E-state index >= 15 is 0 Å². The Morgan fingerprint density at radius 1 is 0.493 bits per heavy atom. The van der Waals surface area contributed by atoms with Crippen LogP contribution in [0.4, 0.5) is 0 Å². The van der Waals surface area contributed by atoms with Gasteiger partial charge in [-0.1, -0.05) is 124 Å². The van der Waals surface area contributed by atoms with E-state index in [1.807, 2.05) is 84.6 Å². The van der Waals surface area contributed by atoms with Crippen molar-refractivity contribution in [2.24, 2.45) is 5.73 Å². The lowest BCUT2D eigenvalue weighted by atomic mass is 10.0. The van der Waals surface area contributed by atoms with Crippen LogP contribution in [0.1, 0.15) is 138 Å². The van der Waals surface area contributed by atoms with Crippen LogP contribution in [0.5, 0.6) is 0 Å². The second-order valence-corrected chi connectivity index (χ2v) is 16.8. The Kier molecular flexibility index (Phi) is 28.6. The zero-order valence-corrected chi connectivity index (χ0v) is 39.5. The highest BCUT2D eigenvalue weighted by molar-refractivity contribution is 5.95. The second kappa shape index (κ2) is 34.5. The van der Waals surface area contributed by atoms with Crippen LogP contribution in [0, 0.1) is 5.21 Å². The van der Waals surface area contributed by atoms with Gasteiger partial charge in [-0.05, 0) is 107 Å². The molecule has 0 spiro atoms. The summed E-state index contributed by atoms with van der Waals surface area (Å²) in [6.45, 7) is 8.48. The first-order valence-electron chi connectivity index (χ1n) is 24.0. The zero-order chi connectivity index (χ0) is 48.2. The number of carbonyl (C=O) groups is 5. The SMILES string of the molecule is C1CCCCC1.C=O.NC(=O)c1ccccc1.O=C(NCN1CCCCC1)c1ccccc1.O=C(NCON1CCCCC1)c1ccccc1.O=C(NC[N+]1([O-])CCCCC1)c1ccccc1. The van der Waals surface area contributed by atoms with Gasteiger partial charge in [0.2, 0.25) is 5.91 Å². The first kappa shape index (κ1) is 55.6. The lowest BCUT2D eigenvalue weighted by molar-refractivity contribution is -0.887. The van der Waals surface area contributed by atoms with Gasteiger partial charge in [-0.25, -0.2) is 0 Å². The Hall–Kier alpha value is -5.77. The number of quaternary nitrogens is 1. The minimum absolute atomic E-state index is 0.0196. The number of likely N-dealkylation sites (tertiary alicyclic amines) is 2. The molecule has 0 bridgehead atoms. The topological polar surface area (TPSA) is 186 Å². The minimum Gasteiger partial charge on any atom is -0.631 e. The van der Waals surface area contributed by atoms with E-state index < -0.39 is 0 Å². The summed E-state index contributed by atoms with van der Waals surface area (Å²) in [4.78, 5) is 61.4. The molecule has 364 valence electrons. The van der Waals surface area contributed by atoms with E-state index in [0.717, 1.165) is 51.0 Å². The van der Waals surface area contributed by atoms with Crippen molar-refractivity contribution in [2.45, 2.75) is 96.3 Å². The van der Waals surface area contributed by atoms with Crippen LogP contribution in [0.3, 0.4) is 0 Å². The minimum atomic E-state index is -0.379. The molecule has 14 nitrogen and oxygen atoms in total.